The lowest BCUT2D eigenvalue weighted by molar-refractivity contribution is 0.598. The van der Waals surface area contributed by atoms with Crippen LogP contribution in [0.5, 0.6) is 0 Å². The smallest absolute Gasteiger partial charge is 0.175 e. The van der Waals surface area contributed by atoms with Crippen molar-refractivity contribution in [3.05, 3.63) is 23.8 Å². The van der Waals surface area contributed by atoms with Gasteiger partial charge in [-0.15, -0.1) is 0 Å². The van der Waals surface area contributed by atoms with E-state index in [0.717, 1.165) is 25.4 Å². The Morgan fingerprint density at radius 1 is 1.10 bits per heavy atom. The second-order valence-corrected chi connectivity index (χ2v) is 10.2. The van der Waals surface area contributed by atoms with E-state index in [1.54, 1.807) is 6.07 Å². The number of benzene rings is 1. The maximum absolute atomic E-state index is 11.9. The standard InChI is InChI=1S/C13H19BrO4S2/c1-4-5-11(14)8-10-6-7-12(19(2,15)16)9-13(10)20(3,17)18/h6-7,9,11H,4-5,8H2,1-3H3. The van der Waals surface area contributed by atoms with E-state index in [9.17, 15) is 16.8 Å². The van der Waals surface area contributed by atoms with Gasteiger partial charge in [0.15, 0.2) is 19.7 Å². The highest BCUT2D eigenvalue weighted by Crippen LogP contribution is 2.24. The number of sulfone groups is 2. The predicted molar refractivity (Wildman–Crippen MR) is 84.0 cm³/mol. The van der Waals surface area contributed by atoms with Gasteiger partial charge in [0.2, 0.25) is 0 Å². The fourth-order valence-electron chi connectivity index (χ4n) is 1.93. The lowest BCUT2D eigenvalue weighted by Gasteiger charge is -2.13. The Labute approximate surface area is 129 Å². The SMILES string of the molecule is CCCC(Br)Cc1ccc(S(C)(=O)=O)cc1S(C)(=O)=O. The summed E-state index contributed by atoms with van der Waals surface area (Å²) < 4.78 is 46.8. The highest BCUT2D eigenvalue weighted by Gasteiger charge is 2.19. The van der Waals surface area contributed by atoms with Crippen molar-refractivity contribution in [3.8, 4) is 0 Å². The van der Waals surface area contributed by atoms with Crippen LogP contribution in [-0.4, -0.2) is 34.2 Å². The summed E-state index contributed by atoms with van der Waals surface area (Å²) in [6.07, 6.45) is 4.64. The van der Waals surface area contributed by atoms with Gasteiger partial charge in [-0.3, -0.25) is 0 Å². The molecule has 114 valence electrons. The van der Waals surface area contributed by atoms with E-state index in [2.05, 4.69) is 22.9 Å². The Bertz CT molecular complexity index is 678. The van der Waals surface area contributed by atoms with Crippen LogP contribution in [0.3, 0.4) is 0 Å². The summed E-state index contributed by atoms with van der Waals surface area (Å²) >= 11 is 3.52. The minimum atomic E-state index is -3.46. The summed E-state index contributed by atoms with van der Waals surface area (Å²) in [6.45, 7) is 2.05. The molecule has 0 fully saturated rings. The van der Waals surface area contributed by atoms with E-state index in [1.165, 1.54) is 12.1 Å². The topological polar surface area (TPSA) is 68.3 Å². The fourth-order valence-corrected chi connectivity index (χ4v) is 4.43. The monoisotopic (exact) mass is 382 g/mol. The van der Waals surface area contributed by atoms with E-state index in [-0.39, 0.29) is 14.6 Å². The van der Waals surface area contributed by atoms with E-state index < -0.39 is 19.7 Å². The van der Waals surface area contributed by atoms with Crippen molar-refractivity contribution in [1.29, 1.82) is 0 Å². The number of hydrogen-bond donors (Lipinski definition) is 0. The molecule has 1 unspecified atom stereocenters. The van der Waals surface area contributed by atoms with Gasteiger partial charge in [-0.25, -0.2) is 16.8 Å². The van der Waals surface area contributed by atoms with Crippen LogP contribution in [0.2, 0.25) is 0 Å². The summed E-state index contributed by atoms with van der Waals surface area (Å²) in [6, 6.07) is 4.31. The van der Waals surface area contributed by atoms with Gasteiger partial charge in [0.25, 0.3) is 0 Å². The van der Waals surface area contributed by atoms with Gasteiger partial charge in [-0.2, -0.15) is 0 Å². The number of halogens is 1. The van der Waals surface area contributed by atoms with Crippen LogP contribution in [0.4, 0.5) is 0 Å². The van der Waals surface area contributed by atoms with Gasteiger partial charge in [0, 0.05) is 17.3 Å². The zero-order valence-electron chi connectivity index (χ0n) is 11.8. The number of rotatable bonds is 6. The molecule has 1 atom stereocenters. The summed E-state index contributed by atoms with van der Waals surface area (Å²) in [5.74, 6) is 0. The molecule has 0 radical (unpaired) electrons. The first kappa shape index (κ1) is 17.7. The highest BCUT2D eigenvalue weighted by atomic mass is 79.9. The lowest BCUT2D eigenvalue weighted by Crippen LogP contribution is -2.10. The first-order chi connectivity index (χ1) is 9.05. The third kappa shape index (κ3) is 4.86. The average Bonchev–Trinajstić information content (AvgIpc) is 2.26. The van der Waals surface area contributed by atoms with Crippen LogP contribution < -0.4 is 0 Å². The number of alkyl halides is 1. The normalized spacial score (nSPS) is 14.2. The summed E-state index contributed by atoms with van der Waals surface area (Å²) in [4.78, 5) is 0.307. The average molecular weight is 383 g/mol. The van der Waals surface area contributed by atoms with Crippen molar-refractivity contribution in [2.24, 2.45) is 0 Å². The Morgan fingerprint density at radius 3 is 2.15 bits per heavy atom. The maximum Gasteiger partial charge on any atom is 0.175 e. The summed E-state index contributed by atoms with van der Waals surface area (Å²) in [7, 11) is -6.88. The molecule has 0 N–H and O–H groups in total. The van der Waals surface area contributed by atoms with Crippen molar-refractivity contribution in [1.82, 2.24) is 0 Å². The second-order valence-electron chi connectivity index (χ2n) is 4.90. The zero-order chi connectivity index (χ0) is 15.6. The minimum Gasteiger partial charge on any atom is -0.224 e. The lowest BCUT2D eigenvalue weighted by atomic mass is 10.1. The maximum atomic E-state index is 11.9. The fraction of sp³-hybridized carbons (Fsp3) is 0.538. The molecule has 7 heteroatoms. The van der Waals surface area contributed by atoms with Crippen LogP contribution >= 0.6 is 15.9 Å². The van der Waals surface area contributed by atoms with Crippen LogP contribution in [0.25, 0.3) is 0 Å². The summed E-state index contributed by atoms with van der Waals surface area (Å²) in [5, 5.41) is 0. The van der Waals surface area contributed by atoms with Crippen molar-refractivity contribution in [3.63, 3.8) is 0 Å². The molecule has 0 bridgehead atoms. The van der Waals surface area contributed by atoms with Crippen molar-refractivity contribution in [2.45, 2.75) is 40.8 Å². The molecular formula is C13H19BrO4S2. The highest BCUT2D eigenvalue weighted by molar-refractivity contribution is 9.09. The number of hydrogen-bond acceptors (Lipinski definition) is 4. The predicted octanol–water partition coefficient (Wildman–Crippen LogP) is 2.60. The largest absolute Gasteiger partial charge is 0.224 e. The first-order valence-corrected chi connectivity index (χ1v) is 10.9. The van der Waals surface area contributed by atoms with Crippen LogP contribution in [0, 0.1) is 0 Å². The van der Waals surface area contributed by atoms with E-state index in [4.69, 9.17) is 0 Å². The van der Waals surface area contributed by atoms with Gasteiger partial charge in [-0.1, -0.05) is 35.3 Å². The zero-order valence-corrected chi connectivity index (χ0v) is 15.0. The molecule has 0 aliphatic heterocycles. The Kier molecular flexibility index (Phi) is 5.80. The minimum absolute atomic E-state index is 0.0308. The second kappa shape index (κ2) is 6.58. The van der Waals surface area contributed by atoms with Crippen LogP contribution in [-0.2, 0) is 26.1 Å². The van der Waals surface area contributed by atoms with Crippen molar-refractivity contribution < 1.29 is 16.8 Å². The summed E-state index contributed by atoms with van der Waals surface area (Å²) in [5.41, 5.74) is 0.648. The molecule has 1 aromatic carbocycles. The molecule has 0 spiro atoms. The van der Waals surface area contributed by atoms with Crippen molar-refractivity contribution >= 4 is 35.6 Å². The van der Waals surface area contributed by atoms with Crippen LogP contribution in [0.1, 0.15) is 25.3 Å². The molecule has 1 aromatic rings. The molecular weight excluding hydrogens is 364 g/mol. The molecule has 0 saturated heterocycles. The molecule has 20 heavy (non-hydrogen) atoms. The molecule has 0 saturated carbocycles. The third-order valence-electron chi connectivity index (χ3n) is 2.91. The molecule has 0 aromatic heterocycles. The molecule has 0 aliphatic carbocycles. The molecule has 0 amide bonds. The quantitative estimate of drug-likeness (QED) is 0.709. The van der Waals surface area contributed by atoms with Gasteiger partial charge < -0.3 is 0 Å². The Balaban J connectivity index is 3.33. The molecule has 0 heterocycles. The first-order valence-electron chi connectivity index (χ1n) is 6.22. The molecule has 4 nitrogen and oxygen atoms in total. The van der Waals surface area contributed by atoms with Gasteiger partial charge in [-0.05, 0) is 30.5 Å². The van der Waals surface area contributed by atoms with E-state index >= 15 is 0 Å². The molecule has 0 aliphatic rings. The third-order valence-corrected chi connectivity index (χ3v) is 5.98. The van der Waals surface area contributed by atoms with Gasteiger partial charge >= 0.3 is 0 Å². The molecule has 1 rings (SSSR count). The van der Waals surface area contributed by atoms with Gasteiger partial charge in [0.05, 0.1) is 9.79 Å². The Morgan fingerprint density at radius 2 is 1.70 bits per heavy atom. The van der Waals surface area contributed by atoms with Gasteiger partial charge in [0.1, 0.15) is 0 Å². The van der Waals surface area contributed by atoms with Crippen LogP contribution in [0.15, 0.2) is 28.0 Å². The van der Waals surface area contributed by atoms with Crippen molar-refractivity contribution in [2.75, 3.05) is 12.5 Å². The Hall–Kier alpha value is -0.400. The van der Waals surface area contributed by atoms with E-state index in [0.29, 0.717) is 12.0 Å². The van der Waals surface area contributed by atoms with E-state index in [1.807, 2.05) is 0 Å².